The van der Waals surface area contributed by atoms with Gasteiger partial charge in [0.1, 0.15) is 5.76 Å². The smallest absolute Gasteiger partial charge is 0.208 e. The van der Waals surface area contributed by atoms with E-state index in [1.165, 1.54) is 11.3 Å². The van der Waals surface area contributed by atoms with Crippen molar-refractivity contribution in [1.82, 2.24) is 20.1 Å². The summed E-state index contributed by atoms with van der Waals surface area (Å²) in [4.78, 5) is 4.27. The first-order valence-electron chi connectivity index (χ1n) is 7.27. The quantitative estimate of drug-likeness (QED) is 0.881. The summed E-state index contributed by atoms with van der Waals surface area (Å²) in [7, 11) is 0. The second kappa shape index (κ2) is 6.22. The van der Waals surface area contributed by atoms with E-state index in [1.807, 2.05) is 4.68 Å². The molecule has 2 heterocycles. The van der Waals surface area contributed by atoms with Gasteiger partial charge in [-0.05, 0) is 27.7 Å². The number of aryl methyl sites for hydroxylation is 3. The summed E-state index contributed by atoms with van der Waals surface area (Å²) in [6.07, 6.45) is 2.68. The predicted octanol–water partition coefficient (Wildman–Crippen LogP) is 2.92. The van der Waals surface area contributed by atoms with E-state index in [4.69, 9.17) is 4.42 Å². The number of hydrogen-bond donors (Lipinski definition) is 1. The van der Waals surface area contributed by atoms with E-state index >= 15 is 0 Å². The summed E-state index contributed by atoms with van der Waals surface area (Å²) >= 11 is 0. The van der Waals surface area contributed by atoms with E-state index in [0.29, 0.717) is 6.54 Å². The van der Waals surface area contributed by atoms with E-state index < -0.39 is 0 Å². The molecule has 0 saturated heterocycles. The second-order valence-corrected chi connectivity index (χ2v) is 5.08. The number of nitrogens with zero attached hydrogens (tertiary/aromatic N) is 3. The Bertz CT molecular complexity index is 570. The normalized spacial score (nSPS) is 12.8. The maximum absolute atomic E-state index is 5.61. The first kappa shape index (κ1) is 14.8. The number of rotatable bonds is 6. The van der Waals surface area contributed by atoms with Gasteiger partial charge in [0, 0.05) is 30.3 Å². The van der Waals surface area contributed by atoms with Crippen LogP contribution in [0.15, 0.2) is 10.6 Å². The van der Waals surface area contributed by atoms with Crippen molar-refractivity contribution in [3.05, 3.63) is 34.8 Å². The van der Waals surface area contributed by atoms with Crippen molar-refractivity contribution in [2.24, 2.45) is 0 Å². The first-order valence-corrected chi connectivity index (χ1v) is 7.27. The number of hydrogen-bond acceptors (Lipinski definition) is 4. The molecule has 1 N–H and O–H groups in total. The highest BCUT2D eigenvalue weighted by molar-refractivity contribution is 5.27. The molecule has 20 heavy (non-hydrogen) atoms. The molecule has 5 heteroatoms. The SMILES string of the molecule is CCc1cnc(CNC(C)c2c(C)nn(CC)c2C)o1. The Morgan fingerprint density at radius 1 is 1.35 bits per heavy atom. The Morgan fingerprint density at radius 3 is 2.65 bits per heavy atom. The third kappa shape index (κ3) is 2.93. The Hall–Kier alpha value is -1.62. The maximum atomic E-state index is 5.61. The van der Waals surface area contributed by atoms with Crippen LogP contribution in [0.5, 0.6) is 0 Å². The largest absolute Gasteiger partial charge is 0.444 e. The molecule has 2 aromatic heterocycles. The summed E-state index contributed by atoms with van der Waals surface area (Å²) in [5.74, 6) is 1.67. The molecule has 2 rings (SSSR count). The summed E-state index contributed by atoms with van der Waals surface area (Å²) in [5.41, 5.74) is 3.59. The summed E-state index contributed by atoms with van der Waals surface area (Å²) < 4.78 is 7.66. The molecule has 5 nitrogen and oxygen atoms in total. The molecule has 0 amide bonds. The number of oxazole rings is 1. The maximum Gasteiger partial charge on any atom is 0.208 e. The molecular weight excluding hydrogens is 252 g/mol. The fourth-order valence-corrected chi connectivity index (χ4v) is 2.58. The van der Waals surface area contributed by atoms with E-state index in [1.54, 1.807) is 6.20 Å². The lowest BCUT2D eigenvalue weighted by Gasteiger charge is -2.13. The van der Waals surface area contributed by atoms with Gasteiger partial charge in [-0.15, -0.1) is 0 Å². The standard InChI is InChI=1S/C15H24N4O/c1-6-13-8-17-14(20-13)9-16-10(3)15-11(4)18-19(7-2)12(15)5/h8,10,16H,6-7,9H2,1-5H3. The minimum absolute atomic E-state index is 0.229. The average molecular weight is 276 g/mol. The Labute approximate surface area is 120 Å². The van der Waals surface area contributed by atoms with Crippen molar-refractivity contribution in [3.63, 3.8) is 0 Å². The van der Waals surface area contributed by atoms with Crippen LogP contribution < -0.4 is 5.32 Å². The molecule has 1 unspecified atom stereocenters. The van der Waals surface area contributed by atoms with Crippen LogP contribution in [0.2, 0.25) is 0 Å². The van der Waals surface area contributed by atoms with Gasteiger partial charge < -0.3 is 9.73 Å². The lowest BCUT2D eigenvalue weighted by atomic mass is 10.1. The molecule has 0 spiro atoms. The number of aromatic nitrogens is 3. The van der Waals surface area contributed by atoms with Crippen LogP contribution in [0.1, 0.15) is 55.4 Å². The fraction of sp³-hybridized carbons (Fsp3) is 0.600. The van der Waals surface area contributed by atoms with Gasteiger partial charge in [-0.2, -0.15) is 5.10 Å². The van der Waals surface area contributed by atoms with Crippen molar-refractivity contribution in [2.45, 2.75) is 60.2 Å². The molecule has 0 saturated carbocycles. The summed E-state index contributed by atoms with van der Waals surface area (Å²) in [5, 5.41) is 8.02. The first-order chi connectivity index (χ1) is 9.56. The van der Waals surface area contributed by atoms with Crippen LogP contribution in [0, 0.1) is 13.8 Å². The molecule has 1 atom stereocenters. The molecular formula is C15H24N4O. The van der Waals surface area contributed by atoms with E-state index in [2.05, 4.69) is 50.0 Å². The average Bonchev–Trinajstić information content (AvgIpc) is 3.00. The molecule has 0 aromatic carbocycles. The third-order valence-electron chi connectivity index (χ3n) is 3.68. The van der Waals surface area contributed by atoms with Gasteiger partial charge in [0.05, 0.1) is 18.4 Å². The highest BCUT2D eigenvalue weighted by Gasteiger charge is 2.17. The molecule has 0 radical (unpaired) electrons. The predicted molar refractivity (Wildman–Crippen MR) is 78.5 cm³/mol. The zero-order chi connectivity index (χ0) is 14.7. The van der Waals surface area contributed by atoms with Gasteiger partial charge >= 0.3 is 0 Å². The molecule has 0 aliphatic heterocycles. The van der Waals surface area contributed by atoms with Crippen LogP contribution in [-0.2, 0) is 19.5 Å². The van der Waals surface area contributed by atoms with Crippen LogP contribution in [-0.4, -0.2) is 14.8 Å². The molecule has 0 fully saturated rings. The lowest BCUT2D eigenvalue weighted by Crippen LogP contribution is -2.19. The van der Waals surface area contributed by atoms with Crippen molar-refractivity contribution < 1.29 is 4.42 Å². The van der Waals surface area contributed by atoms with Gasteiger partial charge in [0.25, 0.3) is 0 Å². The van der Waals surface area contributed by atoms with Gasteiger partial charge in [0.15, 0.2) is 0 Å². The lowest BCUT2D eigenvalue weighted by molar-refractivity contribution is 0.423. The molecule has 0 aliphatic rings. The summed E-state index contributed by atoms with van der Waals surface area (Å²) in [6.45, 7) is 12.0. The van der Waals surface area contributed by atoms with Crippen molar-refractivity contribution >= 4 is 0 Å². The van der Waals surface area contributed by atoms with Gasteiger partial charge in [0.2, 0.25) is 5.89 Å². The zero-order valence-electron chi connectivity index (χ0n) is 13.0. The van der Waals surface area contributed by atoms with Gasteiger partial charge in [-0.25, -0.2) is 4.98 Å². The third-order valence-corrected chi connectivity index (χ3v) is 3.68. The van der Waals surface area contributed by atoms with Crippen LogP contribution in [0.25, 0.3) is 0 Å². The second-order valence-electron chi connectivity index (χ2n) is 5.08. The van der Waals surface area contributed by atoms with Crippen molar-refractivity contribution in [2.75, 3.05) is 0 Å². The van der Waals surface area contributed by atoms with Crippen LogP contribution in [0.4, 0.5) is 0 Å². The molecule has 0 aliphatic carbocycles. The topological polar surface area (TPSA) is 55.9 Å². The Morgan fingerprint density at radius 2 is 2.10 bits per heavy atom. The van der Waals surface area contributed by atoms with Crippen molar-refractivity contribution in [3.8, 4) is 0 Å². The Kier molecular flexibility index (Phi) is 4.60. The highest BCUT2D eigenvalue weighted by Crippen LogP contribution is 2.21. The Balaban J connectivity index is 2.04. The molecule has 110 valence electrons. The van der Waals surface area contributed by atoms with E-state index in [0.717, 1.165) is 30.3 Å². The monoisotopic (exact) mass is 276 g/mol. The number of nitrogens with one attached hydrogen (secondary N) is 1. The highest BCUT2D eigenvalue weighted by atomic mass is 16.4. The summed E-state index contributed by atoms with van der Waals surface area (Å²) in [6, 6.07) is 0.229. The fourth-order valence-electron chi connectivity index (χ4n) is 2.58. The molecule has 2 aromatic rings. The van der Waals surface area contributed by atoms with E-state index in [-0.39, 0.29) is 6.04 Å². The minimum Gasteiger partial charge on any atom is -0.444 e. The minimum atomic E-state index is 0.229. The van der Waals surface area contributed by atoms with Crippen LogP contribution in [0.3, 0.4) is 0 Å². The van der Waals surface area contributed by atoms with Crippen molar-refractivity contribution in [1.29, 1.82) is 0 Å². The van der Waals surface area contributed by atoms with Gasteiger partial charge in [-0.3, -0.25) is 4.68 Å². The molecule has 0 bridgehead atoms. The van der Waals surface area contributed by atoms with Crippen LogP contribution >= 0.6 is 0 Å². The zero-order valence-corrected chi connectivity index (χ0v) is 13.0. The van der Waals surface area contributed by atoms with E-state index in [9.17, 15) is 0 Å². The van der Waals surface area contributed by atoms with Gasteiger partial charge in [-0.1, -0.05) is 6.92 Å².